The van der Waals surface area contributed by atoms with Gasteiger partial charge in [-0.1, -0.05) is 18.2 Å². The average Bonchev–Trinajstić information content (AvgIpc) is 3.48. The molecule has 2 saturated heterocycles. The van der Waals surface area contributed by atoms with Gasteiger partial charge in [0.15, 0.2) is 0 Å². The number of carbonyl (C=O) groups is 1. The number of nitrogens with zero attached hydrogens (tertiary/aromatic N) is 4. The molecule has 0 atom stereocenters. The lowest BCUT2D eigenvalue weighted by Gasteiger charge is -2.30. The van der Waals surface area contributed by atoms with Crippen LogP contribution < -0.4 is 15.5 Å². The lowest BCUT2D eigenvalue weighted by atomic mass is 10.1. The van der Waals surface area contributed by atoms with Crippen LogP contribution in [0.25, 0.3) is 0 Å². The molecule has 1 aromatic heterocycles. The van der Waals surface area contributed by atoms with Gasteiger partial charge in [0.2, 0.25) is 5.95 Å². The lowest BCUT2D eigenvalue weighted by molar-refractivity contribution is 0.0793. The summed E-state index contributed by atoms with van der Waals surface area (Å²) in [5, 5.41) is 16.1. The molecule has 0 radical (unpaired) electrons. The highest BCUT2D eigenvalue weighted by molar-refractivity contribution is 5.96. The number of rotatable bonds is 8. The van der Waals surface area contributed by atoms with Gasteiger partial charge in [-0.25, -0.2) is 4.98 Å². The molecule has 3 N–H and O–H groups in total. The summed E-state index contributed by atoms with van der Waals surface area (Å²) >= 11 is 0. The number of aliphatic hydroxyl groups is 1. The number of anilines is 4. The fraction of sp³-hybridized carbons (Fsp3) is 0.393. The van der Waals surface area contributed by atoms with Crippen molar-refractivity contribution < 1.29 is 14.6 Å². The number of amides is 1. The highest BCUT2D eigenvalue weighted by Crippen LogP contribution is 2.27. The molecule has 5 rings (SSSR count). The maximum absolute atomic E-state index is 13.2. The number of hydrogen-bond donors (Lipinski definition) is 3. The topological polar surface area (TPSA) is 103 Å². The Labute approximate surface area is 217 Å². The van der Waals surface area contributed by atoms with Crippen LogP contribution in [0.1, 0.15) is 39.9 Å². The Kier molecular flexibility index (Phi) is 7.82. The van der Waals surface area contributed by atoms with Gasteiger partial charge >= 0.3 is 0 Å². The number of carbonyl (C=O) groups excluding carboxylic acids is 1. The molecule has 9 heteroatoms. The molecule has 1 amide bonds. The number of morpholine rings is 1. The van der Waals surface area contributed by atoms with E-state index in [4.69, 9.17) is 4.74 Å². The Hall–Kier alpha value is -3.69. The fourth-order valence-electron chi connectivity index (χ4n) is 4.76. The first kappa shape index (κ1) is 25.0. The minimum absolute atomic E-state index is 0.0145. The number of aryl methyl sites for hydroxylation is 1. The van der Waals surface area contributed by atoms with Crippen LogP contribution >= 0.6 is 0 Å². The molecule has 0 unspecified atom stereocenters. The van der Waals surface area contributed by atoms with E-state index in [0.29, 0.717) is 37.1 Å². The van der Waals surface area contributed by atoms with E-state index in [0.717, 1.165) is 67.1 Å². The van der Waals surface area contributed by atoms with E-state index >= 15 is 0 Å². The molecule has 0 saturated carbocycles. The molecule has 0 bridgehead atoms. The molecule has 0 spiro atoms. The molecular weight excluding hydrogens is 468 g/mol. The van der Waals surface area contributed by atoms with Crippen molar-refractivity contribution in [1.29, 1.82) is 0 Å². The van der Waals surface area contributed by atoms with Gasteiger partial charge in [-0.15, -0.1) is 0 Å². The third kappa shape index (κ3) is 6.18. The minimum atomic E-state index is 0.0145. The van der Waals surface area contributed by atoms with Crippen molar-refractivity contribution in [1.82, 2.24) is 14.9 Å². The average molecular weight is 503 g/mol. The number of hydrogen-bond acceptors (Lipinski definition) is 8. The Morgan fingerprint density at radius 1 is 1.05 bits per heavy atom. The Bertz CT molecular complexity index is 1240. The smallest absolute Gasteiger partial charge is 0.254 e. The molecule has 2 fully saturated rings. The van der Waals surface area contributed by atoms with E-state index in [1.807, 2.05) is 54.3 Å². The van der Waals surface area contributed by atoms with E-state index in [2.05, 4.69) is 25.5 Å². The van der Waals surface area contributed by atoms with Gasteiger partial charge in [-0.2, -0.15) is 4.98 Å². The van der Waals surface area contributed by atoms with E-state index < -0.39 is 0 Å². The van der Waals surface area contributed by atoms with Crippen LogP contribution in [0.15, 0.2) is 48.7 Å². The second-order valence-electron chi connectivity index (χ2n) is 9.53. The van der Waals surface area contributed by atoms with Gasteiger partial charge in [0, 0.05) is 55.9 Å². The summed E-state index contributed by atoms with van der Waals surface area (Å²) in [6.07, 6.45) is 3.81. The highest BCUT2D eigenvalue weighted by Gasteiger charge is 2.22. The van der Waals surface area contributed by atoms with Crippen LogP contribution in [0.4, 0.5) is 23.1 Å². The van der Waals surface area contributed by atoms with E-state index in [1.165, 1.54) is 0 Å². The second kappa shape index (κ2) is 11.6. The number of likely N-dealkylation sites (tertiary alicyclic amines) is 1. The Balaban J connectivity index is 1.35. The van der Waals surface area contributed by atoms with E-state index in [1.54, 1.807) is 6.20 Å². The zero-order valence-corrected chi connectivity index (χ0v) is 21.2. The molecule has 0 aliphatic carbocycles. The van der Waals surface area contributed by atoms with Crippen molar-refractivity contribution in [2.24, 2.45) is 0 Å². The van der Waals surface area contributed by atoms with E-state index in [-0.39, 0.29) is 12.5 Å². The molecule has 2 aliphatic heterocycles. The maximum atomic E-state index is 13.2. The molecule has 3 aromatic rings. The van der Waals surface area contributed by atoms with Crippen LogP contribution in [0.3, 0.4) is 0 Å². The number of aromatic nitrogens is 2. The van der Waals surface area contributed by atoms with Gasteiger partial charge in [0.05, 0.1) is 19.8 Å². The quantitative estimate of drug-likeness (QED) is 0.429. The summed E-state index contributed by atoms with van der Waals surface area (Å²) in [6, 6.07) is 13.7. The largest absolute Gasteiger partial charge is 0.392 e. The van der Waals surface area contributed by atoms with Crippen LogP contribution in [0.2, 0.25) is 0 Å². The number of ether oxygens (including phenoxy) is 1. The molecule has 194 valence electrons. The van der Waals surface area contributed by atoms with Crippen LogP contribution in [-0.2, 0) is 17.9 Å². The predicted octanol–water partition coefficient (Wildman–Crippen LogP) is 3.71. The third-order valence-electron chi connectivity index (χ3n) is 6.90. The van der Waals surface area contributed by atoms with E-state index in [9.17, 15) is 9.90 Å². The van der Waals surface area contributed by atoms with Crippen molar-refractivity contribution in [2.75, 3.05) is 54.9 Å². The Morgan fingerprint density at radius 2 is 1.86 bits per heavy atom. The molecular formula is C28H34N6O3. The minimum Gasteiger partial charge on any atom is -0.392 e. The number of aliphatic hydroxyl groups excluding tert-OH is 1. The summed E-state index contributed by atoms with van der Waals surface area (Å²) in [7, 11) is 0. The molecule has 37 heavy (non-hydrogen) atoms. The van der Waals surface area contributed by atoms with Gasteiger partial charge in [-0.05, 0) is 60.7 Å². The number of nitrogens with one attached hydrogen (secondary N) is 2. The summed E-state index contributed by atoms with van der Waals surface area (Å²) in [4.78, 5) is 26.4. The third-order valence-corrected chi connectivity index (χ3v) is 6.90. The fourth-order valence-corrected chi connectivity index (χ4v) is 4.76. The molecule has 2 aliphatic rings. The zero-order valence-electron chi connectivity index (χ0n) is 21.2. The van der Waals surface area contributed by atoms with Crippen molar-refractivity contribution in [3.05, 3.63) is 70.9 Å². The Morgan fingerprint density at radius 3 is 2.65 bits per heavy atom. The summed E-state index contributed by atoms with van der Waals surface area (Å²) in [5.41, 5.74) is 5.56. The highest BCUT2D eigenvalue weighted by atomic mass is 16.5. The van der Waals surface area contributed by atoms with Crippen molar-refractivity contribution in [2.45, 2.75) is 32.9 Å². The summed E-state index contributed by atoms with van der Waals surface area (Å²) < 4.78 is 5.52. The summed E-state index contributed by atoms with van der Waals surface area (Å²) in [6.45, 7) is 7.17. The number of benzene rings is 2. The van der Waals surface area contributed by atoms with Gasteiger partial charge in [-0.3, -0.25) is 4.79 Å². The van der Waals surface area contributed by atoms with Crippen molar-refractivity contribution in [3.63, 3.8) is 0 Å². The normalized spacial score (nSPS) is 15.6. The second-order valence-corrected chi connectivity index (χ2v) is 9.53. The van der Waals surface area contributed by atoms with Crippen molar-refractivity contribution >= 4 is 29.0 Å². The predicted molar refractivity (Wildman–Crippen MR) is 144 cm³/mol. The van der Waals surface area contributed by atoms with Gasteiger partial charge < -0.3 is 30.3 Å². The van der Waals surface area contributed by atoms with Crippen LogP contribution in [-0.4, -0.2) is 65.3 Å². The molecule has 9 nitrogen and oxygen atoms in total. The monoisotopic (exact) mass is 502 g/mol. The standard InChI is InChI=1S/C28H34N6O3/c1-20-4-5-21(19-35)14-23(20)18-30-26-6-7-29-28(32-26)31-24-15-22(27(36)34-8-2-3-9-34)16-25(17-24)33-10-12-37-13-11-33/h4-7,14-17,35H,2-3,8-13,18-19H2,1H3,(H2,29,30,31,32). The molecule has 2 aromatic carbocycles. The first-order chi connectivity index (χ1) is 18.1. The zero-order chi connectivity index (χ0) is 25.6. The van der Waals surface area contributed by atoms with Crippen LogP contribution in [0, 0.1) is 6.92 Å². The first-order valence-corrected chi connectivity index (χ1v) is 12.9. The van der Waals surface area contributed by atoms with Gasteiger partial charge in [0.25, 0.3) is 5.91 Å². The van der Waals surface area contributed by atoms with Gasteiger partial charge in [0.1, 0.15) is 5.82 Å². The lowest BCUT2D eigenvalue weighted by Crippen LogP contribution is -2.36. The SMILES string of the molecule is Cc1ccc(CO)cc1CNc1ccnc(Nc2cc(C(=O)N3CCCC3)cc(N3CCOCC3)c2)n1. The van der Waals surface area contributed by atoms with Crippen LogP contribution in [0.5, 0.6) is 0 Å². The van der Waals surface area contributed by atoms with Crippen molar-refractivity contribution in [3.8, 4) is 0 Å². The molecule has 3 heterocycles. The first-order valence-electron chi connectivity index (χ1n) is 12.9. The maximum Gasteiger partial charge on any atom is 0.254 e. The summed E-state index contributed by atoms with van der Waals surface area (Å²) in [5.74, 6) is 1.20.